The molecule has 0 aliphatic carbocycles. The van der Waals surface area contributed by atoms with Gasteiger partial charge < -0.3 is 5.11 Å². The minimum Gasteiger partial charge on any atom is -0.392 e. The summed E-state index contributed by atoms with van der Waals surface area (Å²) in [6, 6.07) is 8.44. The summed E-state index contributed by atoms with van der Waals surface area (Å²) in [5.41, 5.74) is 1.93. The average Bonchev–Trinajstić information content (AvgIpc) is 2.29. The van der Waals surface area contributed by atoms with E-state index in [4.69, 9.17) is 34.8 Å². The number of pyridine rings is 1. The zero-order valence-corrected chi connectivity index (χ0v) is 10.9. The molecule has 88 valence electrons. The molecule has 0 saturated heterocycles. The molecule has 0 amide bonds. The summed E-state index contributed by atoms with van der Waals surface area (Å²) in [5.74, 6) is 0. The number of nitrogens with zero attached hydrogens (tertiary/aromatic N) is 1. The summed E-state index contributed by atoms with van der Waals surface area (Å²) in [6.07, 6.45) is 0. The lowest BCUT2D eigenvalue weighted by Gasteiger charge is -2.09. The first-order valence-electron chi connectivity index (χ1n) is 4.83. The lowest BCUT2D eigenvalue weighted by atomic mass is 10.1. The smallest absolute Gasteiger partial charge is 0.129 e. The van der Waals surface area contributed by atoms with Gasteiger partial charge in [0.1, 0.15) is 5.15 Å². The molecule has 2 rings (SSSR count). The molecule has 0 atom stereocenters. The van der Waals surface area contributed by atoms with E-state index in [9.17, 15) is 5.11 Å². The maximum atomic E-state index is 9.26. The predicted molar refractivity (Wildman–Crippen MR) is 70.6 cm³/mol. The molecule has 2 aromatic rings. The predicted octanol–water partition coefficient (Wildman–Crippen LogP) is 4.20. The van der Waals surface area contributed by atoms with Crippen molar-refractivity contribution in [2.24, 2.45) is 0 Å². The second-order valence-corrected chi connectivity index (χ2v) is 4.65. The van der Waals surface area contributed by atoms with Crippen LogP contribution in [0.25, 0.3) is 11.3 Å². The Labute approximate surface area is 114 Å². The molecule has 2 nitrogen and oxygen atoms in total. The highest BCUT2D eigenvalue weighted by atomic mass is 35.5. The average molecular weight is 289 g/mol. The van der Waals surface area contributed by atoms with Crippen LogP contribution in [-0.2, 0) is 6.61 Å². The topological polar surface area (TPSA) is 33.1 Å². The van der Waals surface area contributed by atoms with Gasteiger partial charge in [0.2, 0.25) is 0 Å². The minimum absolute atomic E-state index is 0.127. The monoisotopic (exact) mass is 287 g/mol. The lowest BCUT2D eigenvalue weighted by Crippen LogP contribution is -1.94. The normalized spacial score (nSPS) is 10.6. The third-order valence-electron chi connectivity index (χ3n) is 2.30. The third kappa shape index (κ3) is 2.72. The molecular weight excluding hydrogens is 280 g/mol. The molecule has 17 heavy (non-hydrogen) atoms. The van der Waals surface area contributed by atoms with Crippen LogP contribution in [0.15, 0.2) is 30.3 Å². The van der Waals surface area contributed by atoms with Gasteiger partial charge in [-0.25, -0.2) is 4.98 Å². The van der Waals surface area contributed by atoms with Crippen LogP contribution < -0.4 is 0 Å². The summed E-state index contributed by atoms with van der Waals surface area (Å²) in [7, 11) is 0. The van der Waals surface area contributed by atoms with Crippen molar-refractivity contribution >= 4 is 34.8 Å². The summed E-state index contributed by atoms with van der Waals surface area (Å²) in [4.78, 5) is 4.18. The van der Waals surface area contributed by atoms with E-state index in [1.165, 1.54) is 0 Å². The van der Waals surface area contributed by atoms with E-state index in [1.807, 2.05) is 0 Å². The fourth-order valence-corrected chi connectivity index (χ4v) is 2.15. The molecule has 0 aliphatic heterocycles. The Hall–Kier alpha value is -0.800. The first-order valence-corrected chi connectivity index (χ1v) is 5.97. The summed E-state index contributed by atoms with van der Waals surface area (Å²) >= 11 is 17.8. The molecular formula is C12H8Cl3NO. The van der Waals surface area contributed by atoms with Crippen LogP contribution in [-0.4, -0.2) is 10.1 Å². The highest BCUT2D eigenvalue weighted by Gasteiger charge is 2.11. The van der Waals surface area contributed by atoms with Gasteiger partial charge in [0.25, 0.3) is 0 Å². The van der Waals surface area contributed by atoms with Crippen molar-refractivity contribution < 1.29 is 5.11 Å². The first-order chi connectivity index (χ1) is 8.11. The van der Waals surface area contributed by atoms with Crippen LogP contribution in [0.5, 0.6) is 0 Å². The van der Waals surface area contributed by atoms with Gasteiger partial charge in [-0.2, -0.15) is 0 Å². The van der Waals surface area contributed by atoms with E-state index in [0.29, 0.717) is 32.0 Å². The largest absolute Gasteiger partial charge is 0.392 e. The van der Waals surface area contributed by atoms with Gasteiger partial charge in [0, 0.05) is 16.1 Å². The maximum absolute atomic E-state index is 9.26. The highest BCUT2D eigenvalue weighted by molar-refractivity contribution is 6.36. The van der Waals surface area contributed by atoms with Gasteiger partial charge in [-0.15, -0.1) is 0 Å². The summed E-state index contributed by atoms with van der Waals surface area (Å²) in [5, 5.41) is 10.6. The molecule has 0 unspecified atom stereocenters. The zero-order valence-electron chi connectivity index (χ0n) is 8.62. The number of aliphatic hydroxyl groups excluding tert-OH is 1. The van der Waals surface area contributed by atoms with E-state index >= 15 is 0 Å². The van der Waals surface area contributed by atoms with Crippen molar-refractivity contribution in [1.29, 1.82) is 0 Å². The van der Waals surface area contributed by atoms with Crippen molar-refractivity contribution in [1.82, 2.24) is 4.98 Å². The Bertz CT molecular complexity index is 557. The first kappa shape index (κ1) is 12.7. The number of aromatic nitrogens is 1. The number of hydrogen-bond donors (Lipinski definition) is 1. The van der Waals surface area contributed by atoms with Crippen molar-refractivity contribution in [3.8, 4) is 11.3 Å². The Morgan fingerprint density at radius 3 is 2.47 bits per heavy atom. The van der Waals surface area contributed by atoms with Crippen LogP contribution in [0.4, 0.5) is 0 Å². The fourth-order valence-electron chi connectivity index (χ4n) is 1.51. The standard InChI is InChI=1S/C12H8Cl3NO/c13-8-2-3-9(10(14)5-8)12-7(6-17)1-4-11(15)16-12/h1-5,17H,6H2. The van der Waals surface area contributed by atoms with Crippen molar-refractivity contribution in [2.45, 2.75) is 6.61 Å². The van der Waals surface area contributed by atoms with Crippen LogP contribution >= 0.6 is 34.8 Å². The Kier molecular flexibility index (Phi) is 3.89. The minimum atomic E-state index is -0.127. The van der Waals surface area contributed by atoms with Crippen molar-refractivity contribution in [3.05, 3.63) is 51.1 Å². The van der Waals surface area contributed by atoms with Crippen LogP contribution in [0.3, 0.4) is 0 Å². The van der Waals surface area contributed by atoms with E-state index in [1.54, 1.807) is 30.3 Å². The van der Waals surface area contributed by atoms with E-state index < -0.39 is 0 Å². The van der Waals surface area contributed by atoms with Gasteiger partial charge in [-0.05, 0) is 24.3 Å². The molecule has 0 radical (unpaired) electrons. The second kappa shape index (κ2) is 5.23. The molecule has 0 aliphatic rings. The number of rotatable bonds is 2. The Morgan fingerprint density at radius 2 is 1.82 bits per heavy atom. The lowest BCUT2D eigenvalue weighted by molar-refractivity contribution is 0.282. The van der Waals surface area contributed by atoms with E-state index in [-0.39, 0.29) is 6.61 Å². The summed E-state index contributed by atoms with van der Waals surface area (Å²) < 4.78 is 0. The van der Waals surface area contributed by atoms with Crippen molar-refractivity contribution in [3.63, 3.8) is 0 Å². The molecule has 5 heteroatoms. The van der Waals surface area contributed by atoms with Crippen LogP contribution in [0, 0.1) is 0 Å². The Morgan fingerprint density at radius 1 is 1.06 bits per heavy atom. The summed E-state index contributed by atoms with van der Waals surface area (Å²) in [6.45, 7) is -0.127. The van der Waals surface area contributed by atoms with Crippen LogP contribution in [0.2, 0.25) is 15.2 Å². The van der Waals surface area contributed by atoms with E-state index in [0.717, 1.165) is 0 Å². The molecule has 1 N–H and O–H groups in total. The number of halogens is 3. The number of hydrogen-bond acceptors (Lipinski definition) is 2. The molecule has 0 saturated carbocycles. The fraction of sp³-hybridized carbons (Fsp3) is 0.0833. The van der Waals surface area contributed by atoms with Gasteiger partial charge in [0.15, 0.2) is 0 Å². The molecule has 0 spiro atoms. The quantitative estimate of drug-likeness (QED) is 0.840. The van der Waals surface area contributed by atoms with E-state index in [2.05, 4.69) is 4.98 Å². The Balaban J connectivity index is 2.62. The molecule has 1 heterocycles. The highest BCUT2D eigenvalue weighted by Crippen LogP contribution is 2.32. The molecule has 1 aromatic carbocycles. The van der Waals surface area contributed by atoms with Gasteiger partial charge >= 0.3 is 0 Å². The third-order valence-corrected chi connectivity index (χ3v) is 3.06. The zero-order chi connectivity index (χ0) is 12.4. The van der Waals surface area contributed by atoms with Crippen molar-refractivity contribution in [2.75, 3.05) is 0 Å². The maximum Gasteiger partial charge on any atom is 0.129 e. The molecule has 0 bridgehead atoms. The van der Waals surface area contributed by atoms with Gasteiger partial charge in [-0.1, -0.05) is 40.9 Å². The SMILES string of the molecule is OCc1ccc(Cl)nc1-c1ccc(Cl)cc1Cl. The number of benzene rings is 1. The van der Waals surface area contributed by atoms with Gasteiger partial charge in [0.05, 0.1) is 17.3 Å². The van der Waals surface area contributed by atoms with Crippen LogP contribution in [0.1, 0.15) is 5.56 Å². The molecule has 1 aromatic heterocycles. The second-order valence-electron chi connectivity index (χ2n) is 3.42. The molecule has 0 fully saturated rings. The van der Waals surface area contributed by atoms with Gasteiger partial charge in [-0.3, -0.25) is 0 Å². The number of aliphatic hydroxyl groups is 1.